The van der Waals surface area contributed by atoms with Crippen molar-refractivity contribution in [2.75, 3.05) is 0 Å². The first kappa shape index (κ1) is 15.1. The quantitative estimate of drug-likeness (QED) is 0.351. The van der Waals surface area contributed by atoms with Crippen molar-refractivity contribution in [3.05, 3.63) is 56.8 Å². The Hall–Kier alpha value is -2.34. The summed E-state index contributed by atoms with van der Waals surface area (Å²) in [5.74, 6) is -0.0434. The maximum Gasteiger partial charge on any atom is 0.261 e. The molecule has 0 unspecified atom stereocenters. The zero-order valence-electron chi connectivity index (χ0n) is 11.9. The van der Waals surface area contributed by atoms with Crippen molar-refractivity contribution in [1.82, 2.24) is 5.32 Å². The zero-order chi connectivity index (χ0) is 15.4. The second-order valence-corrected chi connectivity index (χ2v) is 5.97. The number of hydrogen-bond acceptors (Lipinski definition) is 4. The number of benzene rings is 1. The van der Waals surface area contributed by atoms with Gasteiger partial charge >= 0.3 is 0 Å². The number of carbonyl (C=O) groups excluding carboxylic acids is 1. The molecule has 2 aromatic rings. The molecule has 0 aliphatic heterocycles. The van der Waals surface area contributed by atoms with Gasteiger partial charge in [0.25, 0.3) is 5.91 Å². The molecule has 1 heterocycles. The average molecular weight is 303 g/mol. The molecule has 0 saturated heterocycles. The first-order valence-electron chi connectivity index (χ1n) is 6.43. The molecule has 1 aromatic carbocycles. The van der Waals surface area contributed by atoms with Crippen molar-refractivity contribution in [1.29, 1.82) is 0 Å². The Labute approximate surface area is 127 Å². The Balaban J connectivity index is 2.04. The molecule has 0 aliphatic carbocycles. The number of nitrogens with two attached hydrogens (primary N) is 1. The average Bonchev–Trinajstić information content (AvgIpc) is 2.84. The summed E-state index contributed by atoms with van der Waals surface area (Å²) >= 11 is 1.49. The van der Waals surface area contributed by atoms with E-state index in [2.05, 4.69) is 10.5 Å². The molecule has 0 bridgehead atoms. The minimum absolute atomic E-state index is 0.0488. The number of nitrogens with one attached hydrogen (secondary N) is 1. The molecule has 0 aliphatic rings. The first-order chi connectivity index (χ1) is 10.0. The van der Waals surface area contributed by atoms with Crippen molar-refractivity contribution in [3.8, 4) is 0 Å². The van der Waals surface area contributed by atoms with Crippen LogP contribution in [-0.2, 0) is 6.54 Å². The van der Waals surface area contributed by atoms with Crippen LogP contribution in [0.1, 0.15) is 31.2 Å². The van der Waals surface area contributed by atoms with Gasteiger partial charge in [-0.1, -0.05) is 23.4 Å². The normalized spacial score (nSPS) is 11.4. The summed E-state index contributed by atoms with van der Waals surface area (Å²) in [6, 6.07) is 9.09. The van der Waals surface area contributed by atoms with E-state index in [4.69, 9.17) is 10.9 Å². The molecule has 110 valence electrons. The van der Waals surface area contributed by atoms with Crippen LogP contribution in [0.2, 0.25) is 0 Å². The second kappa shape index (κ2) is 6.41. The second-order valence-electron chi connectivity index (χ2n) is 4.72. The van der Waals surface area contributed by atoms with Gasteiger partial charge in [-0.05, 0) is 37.1 Å². The summed E-state index contributed by atoms with van der Waals surface area (Å²) in [6.07, 6.45) is 0. The summed E-state index contributed by atoms with van der Waals surface area (Å²) in [6.45, 7) is 4.38. The lowest BCUT2D eigenvalue weighted by Gasteiger charge is -2.06. The maximum absolute atomic E-state index is 12.1. The number of nitrogens with zero attached hydrogens (tertiary/aromatic N) is 1. The van der Waals surface area contributed by atoms with Gasteiger partial charge in [-0.25, -0.2) is 0 Å². The number of oxime groups is 1. The van der Waals surface area contributed by atoms with Crippen LogP contribution in [0.4, 0.5) is 0 Å². The van der Waals surface area contributed by atoms with Crippen LogP contribution in [0.15, 0.2) is 35.5 Å². The van der Waals surface area contributed by atoms with Crippen molar-refractivity contribution >= 4 is 23.1 Å². The van der Waals surface area contributed by atoms with E-state index < -0.39 is 0 Å². The molecule has 5 nitrogen and oxygen atoms in total. The highest BCUT2D eigenvalue weighted by Crippen LogP contribution is 2.20. The van der Waals surface area contributed by atoms with Gasteiger partial charge in [-0.3, -0.25) is 4.79 Å². The SMILES string of the molecule is Cc1cc(C(=O)NCc2cccc(C(N)=NO)c2)sc1C. The molecule has 2 rings (SSSR count). The van der Waals surface area contributed by atoms with Crippen LogP contribution in [0.5, 0.6) is 0 Å². The van der Waals surface area contributed by atoms with E-state index in [1.165, 1.54) is 11.3 Å². The van der Waals surface area contributed by atoms with Crippen LogP contribution in [0.3, 0.4) is 0 Å². The highest BCUT2D eigenvalue weighted by molar-refractivity contribution is 7.14. The zero-order valence-corrected chi connectivity index (χ0v) is 12.7. The van der Waals surface area contributed by atoms with Crippen molar-refractivity contribution < 1.29 is 10.0 Å². The van der Waals surface area contributed by atoms with E-state index in [9.17, 15) is 4.79 Å². The predicted octanol–water partition coefficient (Wildman–Crippen LogP) is 2.39. The van der Waals surface area contributed by atoms with Gasteiger partial charge in [0.15, 0.2) is 5.84 Å². The smallest absolute Gasteiger partial charge is 0.261 e. The number of thiophene rings is 1. The van der Waals surface area contributed by atoms with Crippen molar-refractivity contribution in [2.24, 2.45) is 10.9 Å². The number of hydrogen-bond donors (Lipinski definition) is 3. The summed E-state index contributed by atoms with van der Waals surface area (Å²) in [7, 11) is 0. The summed E-state index contributed by atoms with van der Waals surface area (Å²) < 4.78 is 0. The van der Waals surface area contributed by atoms with Crippen molar-refractivity contribution in [3.63, 3.8) is 0 Å². The van der Waals surface area contributed by atoms with E-state index in [1.54, 1.807) is 18.2 Å². The lowest BCUT2D eigenvalue weighted by atomic mass is 10.1. The minimum atomic E-state index is -0.0922. The van der Waals surface area contributed by atoms with Gasteiger partial charge in [-0.15, -0.1) is 11.3 Å². The van der Waals surface area contributed by atoms with Gasteiger partial charge in [-0.2, -0.15) is 0 Å². The Morgan fingerprint density at radius 1 is 1.38 bits per heavy atom. The Morgan fingerprint density at radius 2 is 2.14 bits per heavy atom. The fourth-order valence-corrected chi connectivity index (χ4v) is 2.80. The molecule has 0 saturated carbocycles. The first-order valence-corrected chi connectivity index (χ1v) is 7.25. The van der Waals surface area contributed by atoms with Crippen LogP contribution in [0, 0.1) is 13.8 Å². The largest absolute Gasteiger partial charge is 0.409 e. The number of amides is 1. The topological polar surface area (TPSA) is 87.7 Å². The van der Waals surface area contributed by atoms with E-state index >= 15 is 0 Å². The molecule has 6 heteroatoms. The fraction of sp³-hybridized carbons (Fsp3) is 0.200. The molecule has 0 spiro atoms. The van der Waals surface area contributed by atoms with E-state index in [-0.39, 0.29) is 11.7 Å². The standard InChI is InChI=1S/C15H17N3O2S/c1-9-6-13(21-10(9)2)15(19)17-8-11-4-3-5-12(7-11)14(16)18-20/h3-7,20H,8H2,1-2H3,(H2,16,18)(H,17,19). The third kappa shape index (κ3) is 3.61. The third-order valence-electron chi connectivity index (χ3n) is 3.17. The summed E-state index contributed by atoms with van der Waals surface area (Å²) in [5.41, 5.74) is 8.17. The van der Waals surface area contributed by atoms with Gasteiger partial charge in [0, 0.05) is 17.0 Å². The van der Waals surface area contributed by atoms with E-state index in [0.29, 0.717) is 17.0 Å². The number of aryl methyl sites for hydroxylation is 2. The lowest BCUT2D eigenvalue weighted by Crippen LogP contribution is -2.22. The summed E-state index contributed by atoms with van der Waals surface area (Å²) in [5, 5.41) is 14.5. The Kier molecular flexibility index (Phi) is 4.59. The molecule has 0 fully saturated rings. The number of carbonyl (C=O) groups is 1. The van der Waals surface area contributed by atoms with Crippen LogP contribution in [-0.4, -0.2) is 17.0 Å². The maximum atomic E-state index is 12.1. The van der Waals surface area contributed by atoms with E-state index in [0.717, 1.165) is 16.0 Å². The van der Waals surface area contributed by atoms with Gasteiger partial charge in [0.1, 0.15) is 0 Å². The Morgan fingerprint density at radius 3 is 2.76 bits per heavy atom. The van der Waals surface area contributed by atoms with Gasteiger partial charge in [0.05, 0.1) is 4.88 Å². The Bertz CT molecular complexity index is 672. The fourth-order valence-electron chi connectivity index (χ4n) is 1.85. The van der Waals surface area contributed by atoms with Crippen molar-refractivity contribution in [2.45, 2.75) is 20.4 Å². The highest BCUT2D eigenvalue weighted by Gasteiger charge is 2.10. The molecule has 0 radical (unpaired) electrons. The third-order valence-corrected chi connectivity index (χ3v) is 4.32. The molecule has 1 aromatic heterocycles. The molecule has 1 amide bonds. The monoisotopic (exact) mass is 303 g/mol. The van der Waals surface area contributed by atoms with Gasteiger partial charge in [0.2, 0.25) is 0 Å². The lowest BCUT2D eigenvalue weighted by molar-refractivity contribution is 0.0955. The van der Waals surface area contributed by atoms with Crippen LogP contribution in [0.25, 0.3) is 0 Å². The molecule has 4 N–H and O–H groups in total. The molecule has 0 atom stereocenters. The number of amidine groups is 1. The predicted molar refractivity (Wildman–Crippen MR) is 83.9 cm³/mol. The minimum Gasteiger partial charge on any atom is -0.409 e. The molecular formula is C15H17N3O2S. The number of rotatable bonds is 4. The highest BCUT2D eigenvalue weighted by atomic mass is 32.1. The molecule has 21 heavy (non-hydrogen) atoms. The van der Waals surface area contributed by atoms with Gasteiger partial charge < -0.3 is 16.3 Å². The van der Waals surface area contributed by atoms with Crippen LogP contribution >= 0.6 is 11.3 Å². The molecular weight excluding hydrogens is 286 g/mol. The van der Waals surface area contributed by atoms with Crippen LogP contribution < -0.4 is 11.1 Å². The summed E-state index contributed by atoms with van der Waals surface area (Å²) in [4.78, 5) is 13.9. The van der Waals surface area contributed by atoms with E-state index in [1.807, 2.05) is 26.0 Å².